The standard InChI is InChI=1S/C14H20BrNO3/c15-12-6-5-7-13(10-12)19-11-14(18)16-8-3-1-2-4-9-17/h5-7,10,17H,1-4,8-9,11H2,(H,16,18). The lowest BCUT2D eigenvalue weighted by Crippen LogP contribution is -2.29. The third-order valence-corrected chi connectivity index (χ3v) is 3.07. The number of carbonyl (C=O) groups is 1. The Morgan fingerprint density at radius 3 is 2.79 bits per heavy atom. The molecule has 1 amide bonds. The maximum atomic E-state index is 11.5. The van der Waals surface area contributed by atoms with Crippen molar-refractivity contribution in [3.63, 3.8) is 0 Å². The predicted molar refractivity (Wildman–Crippen MR) is 78.2 cm³/mol. The third kappa shape index (κ3) is 7.85. The van der Waals surface area contributed by atoms with Crippen molar-refractivity contribution < 1.29 is 14.6 Å². The van der Waals surface area contributed by atoms with Crippen molar-refractivity contribution in [1.29, 1.82) is 0 Å². The van der Waals surface area contributed by atoms with Crippen molar-refractivity contribution in [2.75, 3.05) is 19.8 Å². The number of aliphatic hydroxyl groups is 1. The predicted octanol–water partition coefficient (Wildman–Crippen LogP) is 2.50. The molecule has 2 N–H and O–H groups in total. The van der Waals surface area contributed by atoms with Gasteiger partial charge in [-0.3, -0.25) is 4.79 Å². The molecule has 0 saturated carbocycles. The van der Waals surface area contributed by atoms with Gasteiger partial charge >= 0.3 is 0 Å². The van der Waals surface area contributed by atoms with Crippen LogP contribution in [-0.4, -0.2) is 30.8 Å². The van der Waals surface area contributed by atoms with Crippen molar-refractivity contribution in [3.05, 3.63) is 28.7 Å². The fourth-order valence-electron chi connectivity index (χ4n) is 1.57. The second-order valence-electron chi connectivity index (χ2n) is 4.23. The number of ether oxygens (including phenoxy) is 1. The van der Waals surface area contributed by atoms with Crippen LogP contribution in [0.3, 0.4) is 0 Å². The minimum Gasteiger partial charge on any atom is -0.484 e. The average Bonchev–Trinajstić information content (AvgIpc) is 2.40. The van der Waals surface area contributed by atoms with Crippen LogP contribution in [0.25, 0.3) is 0 Å². The van der Waals surface area contributed by atoms with E-state index >= 15 is 0 Å². The number of carbonyl (C=O) groups excluding carboxylic acids is 1. The van der Waals surface area contributed by atoms with E-state index < -0.39 is 0 Å². The molecule has 0 saturated heterocycles. The molecule has 0 fully saturated rings. The van der Waals surface area contributed by atoms with Gasteiger partial charge in [0.1, 0.15) is 5.75 Å². The lowest BCUT2D eigenvalue weighted by Gasteiger charge is -2.07. The highest BCUT2D eigenvalue weighted by Crippen LogP contribution is 2.17. The van der Waals surface area contributed by atoms with Crippen LogP contribution in [0.15, 0.2) is 28.7 Å². The van der Waals surface area contributed by atoms with E-state index in [1.807, 2.05) is 24.3 Å². The van der Waals surface area contributed by atoms with Crippen LogP contribution < -0.4 is 10.1 Å². The Hall–Kier alpha value is -1.07. The van der Waals surface area contributed by atoms with Gasteiger partial charge in [-0.1, -0.05) is 34.8 Å². The number of benzene rings is 1. The molecule has 5 heteroatoms. The lowest BCUT2D eigenvalue weighted by molar-refractivity contribution is -0.123. The van der Waals surface area contributed by atoms with Gasteiger partial charge in [-0.15, -0.1) is 0 Å². The Balaban J connectivity index is 2.08. The molecule has 1 rings (SSSR count). The first kappa shape index (κ1) is 16.0. The van der Waals surface area contributed by atoms with Gasteiger partial charge in [0, 0.05) is 17.6 Å². The maximum absolute atomic E-state index is 11.5. The van der Waals surface area contributed by atoms with Gasteiger partial charge in [-0.25, -0.2) is 0 Å². The van der Waals surface area contributed by atoms with Crippen molar-refractivity contribution in [2.24, 2.45) is 0 Å². The molecule has 1 aromatic carbocycles. The molecule has 0 atom stereocenters. The number of aliphatic hydroxyl groups excluding tert-OH is 1. The van der Waals surface area contributed by atoms with Gasteiger partial charge in [0.2, 0.25) is 0 Å². The molecule has 0 aliphatic heterocycles. The van der Waals surface area contributed by atoms with E-state index in [4.69, 9.17) is 9.84 Å². The topological polar surface area (TPSA) is 58.6 Å². The molecule has 0 heterocycles. The first-order valence-corrected chi connectivity index (χ1v) is 7.27. The molecule has 4 nitrogen and oxygen atoms in total. The Morgan fingerprint density at radius 1 is 1.26 bits per heavy atom. The zero-order chi connectivity index (χ0) is 13.9. The molecule has 1 aromatic rings. The van der Waals surface area contributed by atoms with Gasteiger partial charge in [0.25, 0.3) is 5.91 Å². The van der Waals surface area contributed by atoms with E-state index in [0.717, 1.165) is 30.2 Å². The van der Waals surface area contributed by atoms with E-state index in [1.165, 1.54) is 0 Å². The Bertz CT molecular complexity index is 385. The van der Waals surface area contributed by atoms with Crippen LogP contribution in [-0.2, 0) is 4.79 Å². The van der Waals surface area contributed by atoms with Gasteiger partial charge in [-0.2, -0.15) is 0 Å². The number of nitrogens with one attached hydrogen (secondary N) is 1. The van der Waals surface area contributed by atoms with Crippen molar-refractivity contribution in [2.45, 2.75) is 25.7 Å². The summed E-state index contributed by atoms with van der Waals surface area (Å²) in [6, 6.07) is 7.40. The van der Waals surface area contributed by atoms with Crippen molar-refractivity contribution in [1.82, 2.24) is 5.32 Å². The minimum atomic E-state index is -0.109. The normalized spacial score (nSPS) is 10.2. The monoisotopic (exact) mass is 329 g/mol. The molecule has 0 aliphatic carbocycles. The summed E-state index contributed by atoms with van der Waals surface area (Å²) in [7, 11) is 0. The number of rotatable bonds is 9. The molecule has 0 unspecified atom stereocenters. The van der Waals surface area contributed by atoms with Crippen LogP contribution in [0.5, 0.6) is 5.75 Å². The van der Waals surface area contributed by atoms with Crippen LogP contribution in [0, 0.1) is 0 Å². The highest BCUT2D eigenvalue weighted by atomic mass is 79.9. The van der Waals surface area contributed by atoms with Crippen LogP contribution in [0.4, 0.5) is 0 Å². The number of unbranched alkanes of at least 4 members (excludes halogenated alkanes) is 3. The zero-order valence-electron chi connectivity index (χ0n) is 10.9. The Labute approximate surface area is 122 Å². The minimum absolute atomic E-state index is 0.0348. The smallest absolute Gasteiger partial charge is 0.257 e. The largest absolute Gasteiger partial charge is 0.484 e. The second-order valence-corrected chi connectivity index (χ2v) is 5.15. The molecule has 0 radical (unpaired) electrons. The molecule has 0 aromatic heterocycles. The highest BCUT2D eigenvalue weighted by Gasteiger charge is 2.02. The van der Waals surface area contributed by atoms with Crippen LogP contribution >= 0.6 is 15.9 Å². The summed E-state index contributed by atoms with van der Waals surface area (Å²) in [6.07, 6.45) is 3.79. The lowest BCUT2D eigenvalue weighted by atomic mass is 10.2. The summed E-state index contributed by atoms with van der Waals surface area (Å²) in [5, 5.41) is 11.4. The zero-order valence-corrected chi connectivity index (χ0v) is 12.5. The molecule has 0 bridgehead atoms. The van der Waals surface area contributed by atoms with E-state index in [1.54, 1.807) is 0 Å². The summed E-state index contributed by atoms with van der Waals surface area (Å²) in [5.41, 5.74) is 0. The Kier molecular flexibility index (Phi) is 8.25. The summed E-state index contributed by atoms with van der Waals surface area (Å²) < 4.78 is 6.29. The number of hydrogen-bond donors (Lipinski definition) is 2. The number of hydrogen-bond acceptors (Lipinski definition) is 3. The summed E-state index contributed by atoms with van der Waals surface area (Å²) >= 11 is 3.34. The molecular weight excluding hydrogens is 310 g/mol. The quantitative estimate of drug-likeness (QED) is 0.684. The fourth-order valence-corrected chi connectivity index (χ4v) is 1.95. The SMILES string of the molecule is O=C(COc1cccc(Br)c1)NCCCCCCO. The van der Waals surface area contributed by atoms with Gasteiger partial charge in [0.05, 0.1) is 0 Å². The van der Waals surface area contributed by atoms with Crippen LogP contribution in [0.2, 0.25) is 0 Å². The summed E-state index contributed by atoms with van der Waals surface area (Å²) in [4.78, 5) is 11.5. The fraction of sp³-hybridized carbons (Fsp3) is 0.500. The number of halogens is 1. The number of amides is 1. The van der Waals surface area contributed by atoms with E-state index in [9.17, 15) is 4.79 Å². The molecule has 19 heavy (non-hydrogen) atoms. The first-order chi connectivity index (χ1) is 9.22. The van der Waals surface area contributed by atoms with Gasteiger partial charge in [-0.05, 0) is 31.0 Å². The summed E-state index contributed by atoms with van der Waals surface area (Å²) in [6.45, 7) is 0.937. The molecule has 0 aliphatic rings. The van der Waals surface area contributed by atoms with Gasteiger partial charge in [0.15, 0.2) is 6.61 Å². The van der Waals surface area contributed by atoms with Crippen molar-refractivity contribution in [3.8, 4) is 5.75 Å². The first-order valence-electron chi connectivity index (χ1n) is 6.48. The molecule has 106 valence electrons. The van der Waals surface area contributed by atoms with E-state index in [2.05, 4.69) is 21.2 Å². The average molecular weight is 330 g/mol. The third-order valence-electron chi connectivity index (χ3n) is 2.57. The second kappa shape index (κ2) is 9.81. The van der Waals surface area contributed by atoms with E-state index in [0.29, 0.717) is 12.3 Å². The Morgan fingerprint density at radius 2 is 2.05 bits per heavy atom. The summed E-state index contributed by atoms with van der Waals surface area (Å²) in [5.74, 6) is 0.564. The molecular formula is C14H20BrNO3. The molecule has 0 spiro atoms. The van der Waals surface area contributed by atoms with Crippen LogP contribution in [0.1, 0.15) is 25.7 Å². The highest BCUT2D eigenvalue weighted by molar-refractivity contribution is 9.10. The van der Waals surface area contributed by atoms with Crippen molar-refractivity contribution >= 4 is 21.8 Å². The van der Waals surface area contributed by atoms with Gasteiger partial charge < -0.3 is 15.2 Å². The van der Waals surface area contributed by atoms with E-state index in [-0.39, 0.29) is 19.1 Å². The maximum Gasteiger partial charge on any atom is 0.257 e.